The van der Waals surface area contributed by atoms with Crippen molar-refractivity contribution < 1.29 is 9.47 Å². The molecule has 0 radical (unpaired) electrons. The summed E-state index contributed by atoms with van der Waals surface area (Å²) in [7, 11) is 1.60. The van der Waals surface area contributed by atoms with Crippen LogP contribution >= 0.6 is 11.6 Å². The van der Waals surface area contributed by atoms with Gasteiger partial charge < -0.3 is 14.5 Å². The van der Waals surface area contributed by atoms with Gasteiger partial charge in [0.05, 0.1) is 29.7 Å². The molecule has 0 saturated heterocycles. The van der Waals surface area contributed by atoms with E-state index in [1.165, 1.54) is 0 Å². The summed E-state index contributed by atoms with van der Waals surface area (Å²) < 4.78 is 11.1. The highest BCUT2D eigenvalue weighted by atomic mass is 35.5. The molecule has 0 bridgehead atoms. The summed E-state index contributed by atoms with van der Waals surface area (Å²) in [4.78, 5) is 19.6. The molecule has 0 aliphatic heterocycles. The molecule has 5 nitrogen and oxygen atoms in total. The maximum Gasteiger partial charge on any atom is 0.259 e. The normalized spacial score (nSPS) is 11.6. The van der Waals surface area contributed by atoms with Gasteiger partial charge in [-0.3, -0.25) is 4.79 Å². The lowest BCUT2D eigenvalue weighted by atomic mass is 10.1. The molecule has 0 amide bonds. The molecule has 1 aromatic heterocycles. The first-order chi connectivity index (χ1) is 13.0. The summed E-state index contributed by atoms with van der Waals surface area (Å²) in [6.45, 7) is 4.55. The van der Waals surface area contributed by atoms with Crippen LogP contribution < -0.4 is 15.0 Å². The zero-order valence-corrected chi connectivity index (χ0v) is 16.3. The third kappa shape index (κ3) is 4.14. The van der Waals surface area contributed by atoms with E-state index >= 15 is 0 Å². The van der Waals surface area contributed by atoms with Crippen LogP contribution in [0.3, 0.4) is 0 Å². The van der Waals surface area contributed by atoms with Gasteiger partial charge in [0.25, 0.3) is 5.56 Å². The molecule has 3 rings (SSSR count). The Labute approximate surface area is 162 Å². The van der Waals surface area contributed by atoms with Crippen LogP contribution in [0, 0.1) is 6.92 Å². The highest BCUT2D eigenvalue weighted by molar-refractivity contribution is 6.50. The molecule has 0 fully saturated rings. The number of H-pyrrole nitrogens is 1. The number of hydrogen-bond donors (Lipinski definition) is 1. The second-order valence-corrected chi connectivity index (χ2v) is 6.54. The highest BCUT2D eigenvalue weighted by Gasteiger charge is 2.10. The Morgan fingerprint density at radius 2 is 2.07 bits per heavy atom. The fraction of sp³-hybridized carbons (Fsp3) is 0.238. The first kappa shape index (κ1) is 19.0. The molecule has 0 atom stereocenters. The number of rotatable bonds is 6. The molecule has 0 aliphatic carbocycles. The smallest absolute Gasteiger partial charge is 0.259 e. The highest BCUT2D eigenvalue weighted by Crippen LogP contribution is 2.30. The average Bonchev–Trinajstić information content (AvgIpc) is 2.67. The summed E-state index contributed by atoms with van der Waals surface area (Å²) >= 11 is 6.45. The monoisotopic (exact) mass is 384 g/mol. The Balaban J connectivity index is 2.01. The van der Waals surface area contributed by atoms with Gasteiger partial charge >= 0.3 is 0 Å². The van der Waals surface area contributed by atoms with Gasteiger partial charge in [-0.2, -0.15) is 0 Å². The zero-order valence-electron chi connectivity index (χ0n) is 15.5. The standard InChI is InChI=1S/C21H21ClN2O3/c1-4-10-27-18-12-14(8-9-17(18)26-3)11-16(22)20-23-19-13(2)6-5-7-15(19)21(25)24-20/h5-9,11-12H,4,10H2,1-3H3,(H,23,24,25)/b16-11-. The van der Waals surface area contributed by atoms with Crippen molar-refractivity contribution in [3.8, 4) is 11.5 Å². The minimum Gasteiger partial charge on any atom is -0.493 e. The Hall–Kier alpha value is -2.79. The Morgan fingerprint density at radius 3 is 2.81 bits per heavy atom. The number of aryl methyl sites for hydroxylation is 1. The topological polar surface area (TPSA) is 64.2 Å². The van der Waals surface area contributed by atoms with Gasteiger partial charge in [-0.25, -0.2) is 4.98 Å². The van der Waals surface area contributed by atoms with Crippen LogP contribution in [0.15, 0.2) is 41.2 Å². The van der Waals surface area contributed by atoms with Crippen molar-refractivity contribution >= 4 is 33.6 Å². The molecule has 0 aliphatic rings. The van der Waals surface area contributed by atoms with E-state index < -0.39 is 0 Å². The largest absolute Gasteiger partial charge is 0.493 e. The number of aromatic nitrogens is 2. The molecular formula is C21H21ClN2O3. The molecule has 0 saturated carbocycles. The molecule has 0 unspecified atom stereocenters. The first-order valence-corrected chi connectivity index (χ1v) is 9.09. The number of nitrogens with one attached hydrogen (secondary N) is 1. The minimum atomic E-state index is -0.216. The van der Waals surface area contributed by atoms with Gasteiger partial charge in [-0.15, -0.1) is 0 Å². The first-order valence-electron chi connectivity index (χ1n) is 8.71. The molecule has 2 aromatic carbocycles. The molecule has 6 heteroatoms. The van der Waals surface area contributed by atoms with Crippen molar-refractivity contribution in [2.75, 3.05) is 13.7 Å². The third-order valence-electron chi connectivity index (χ3n) is 4.11. The van der Waals surface area contributed by atoms with Crippen molar-refractivity contribution in [1.82, 2.24) is 9.97 Å². The van der Waals surface area contributed by atoms with E-state index in [-0.39, 0.29) is 5.56 Å². The van der Waals surface area contributed by atoms with Gasteiger partial charge in [-0.1, -0.05) is 36.7 Å². The fourth-order valence-electron chi connectivity index (χ4n) is 2.74. The summed E-state index contributed by atoms with van der Waals surface area (Å²) in [5, 5.41) is 0.881. The lowest BCUT2D eigenvalue weighted by molar-refractivity contribution is 0.294. The fourth-order valence-corrected chi connectivity index (χ4v) is 2.96. The van der Waals surface area contributed by atoms with Crippen LogP contribution in [0.2, 0.25) is 0 Å². The summed E-state index contributed by atoms with van der Waals surface area (Å²) in [5.41, 5.74) is 2.17. The Bertz CT molecular complexity index is 1060. The SMILES string of the molecule is CCCOc1cc(/C=C(\Cl)c2nc3c(C)cccc3c(=O)[nH]2)ccc1OC. The minimum absolute atomic E-state index is 0.216. The number of ether oxygens (including phenoxy) is 2. The van der Waals surface area contributed by atoms with E-state index in [0.717, 1.165) is 17.5 Å². The molecule has 140 valence electrons. The molecule has 1 N–H and O–H groups in total. The Morgan fingerprint density at radius 1 is 1.26 bits per heavy atom. The second kappa shape index (κ2) is 8.27. The maximum atomic E-state index is 12.3. The number of fused-ring (bicyclic) bond motifs is 1. The number of para-hydroxylation sites is 1. The predicted octanol–water partition coefficient (Wildman–Crippen LogP) is 4.77. The summed E-state index contributed by atoms with van der Waals surface area (Å²) in [5.74, 6) is 1.63. The third-order valence-corrected chi connectivity index (χ3v) is 4.40. The van der Waals surface area contributed by atoms with Crippen molar-refractivity contribution in [3.05, 3.63) is 63.7 Å². The number of halogens is 1. The van der Waals surface area contributed by atoms with Gasteiger partial charge in [0.2, 0.25) is 0 Å². The number of methoxy groups -OCH3 is 1. The number of hydrogen-bond acceptors (Lipinski definition) is 4. The number of nitrogens with zero attached hydrogens (tertiary/aromatic N) is 1. The Kier molecular flexibility index (Phi) is 5.81. The lowest BCUT2D eigenvalue weighted by Crippen LogP contribution is -2.11. The van der Waals surface area contributed by atoms with Crippen LogP contribution in [-0.2, 0) is 0 Å². The van der Waals surface area contributed by atoms with E-state index in [0.29, 0.717) is 39.9 Å². The van der Waals surface area contributed by atoms with E-state index in [1.807, 2.05) is 44.2 Å². The van der Waals surface area contributed by atoms with E-state index in [4.69, 9.17) is 21.1 Å². The second-order valence-electron chi connectivity index (χ2n) is 6.14. The van der Waals surface area contributed by atoms with Crippen LogP contribution in [0.25, 0.3) is 22.0 Å². The van der Waals surface area contributed by atoms with Crippen LogP contribution in [0.4, 0.5) is 0 Å². The van der Waals surface area contributed by atoms with Gasteiger partial charge in [0.15, 0.2) is 17.3 Å². The summed E-state index contributed by atoms with van der Waals surface area (Å²) in [6, 6.07) is 11.0. The molecule has 0 spiro atoms. The van der Waals surface area contributed by atoms with Crippen molar-refractivity contribution in [3.63, 3.8) is 0 Å². The zero-order chi connectivity index (χ0) is 19.4. The van der Waals surface area contributed by atoms with Gasteiger partial charge in [-0.05, 0) is 48.7 Å². The number of benzene rings is 2. The van der Waals surface area contributed by atoms with E-state index in [9.17, 15) is 4.79 Å². The van der Waals surface area contributed by atoms with Gasteiger partial charge in [0, 0.05) is 0 Å². The number of aromatic amines is 1. The summed E-state index contributed by atoms with van der Waals surface area (Å²) in [6.07, 6.45) is 2.63. The quantitative estimate of drug-likeness (QED) is 0.665. The van der Waals surface area contributed by atoms with Crippen molar-refractivity contribution in [2.24, 2.45) is 0 Å². The van der Waals surface area contributed by atoms with E-state index in [1.54, 1.807) is 19.3 Å². The van der Waals surface area contributed by atoms with Crippen LogP contribution in [0.5, 0.6) is 11.5 Å². The molecular weight excluding hydrogens is 364 g/mol. The maximum absolute atomic E-state index is 12.3. The van der Waals surface area contributed by atoms with Crippen molar-refractivity contribution in [1.29, 1.82) is 0 Å². The predicted molar refractivity (Wildman–Crippen MR) is 110 cm³/mol. The average molecular weight is 385 g/mol. The van der Waals surface area contributed by atoms with Crippen LogP contribution in [-0.4, -0.2) is 23.7 Å². The van der Waals surface area contributed by atoms with E-state index in [2.05, 4.69) is 9.97 Å². The van der Waals surface area contributed by atoms with Crippen molar-refractivity contribution in [2.45, 2.75) is 20.3 Å². The lowest BCUT2D eigenvalue weighted by Gasteiger charge is -2.11. The van der Waals surface area contributed by atoms with Gasteiger partial charge in [0.1, 0.15) is 0 Å². The molecule has 3 aromatic rings. The molecule has 1 heterocycles. The molecule has 27 heavy (non-hydrogen) atoms. The van der Waals surface area contributed by atoms with Crippen LogP contribution in [0.1, 0.15) is 30.3 Å².